The maximum absolute atomic E-state index is 11.1. The smallest absolute Gasteiger partial charge is 0.333 e. The van der Waals surface area contributed by atoms with Gasteiger partial charge in [0.25, 0.3) is 0 Å². The van der Waals surface area contributed by atoms with Crippen molar-refractivity contribution in [2.45, 2.75) is 26.8 Å². The summed E-state index contributed by atoms with van der Waals surface area (Å²) in [6.07, 6.45) is 1.61. The first-order valence-electron chi connectivity index (χ1n) is 5.77. The van der Waals surface area contributed by atoms with E-state index in [9.17, 15) is 10.1 Å². The molecule has 0 spiro atoms. The Morgan fingerprint density at radius 1 is 1.53 bits per heavy atom. The fourth-order valence-corrected chi connectivity index (χ4v) is 1.87. The van der Waals surface area contributed by atoms with E-state index in [1.165, 1.54) is 4.68 Å². The van der Waals surface area contributed by atoms with Crippen molar-refractivity contribution in [2.24, 2.45) is 7.05 Å². The van der Waals surface area contributed by atoms with Gasteiger partial charge in [0, 0.05) is 7.05 Å². The van der Waals surface area contributed by atoms with Gasteiger partial charge in [-0.05, 0) is 20.8 Å². The summed E-state index contributed by atoms with van der Waals surface area (Å²) in [5.41, 5.74) is 0.336. The molecule has 1 N–H and O–H groups in total. The van der Waals surface area contributed by atoms with Crippen molar-refractivity contribution < 1.29 is 9.34 Å². The Morgan fingerprint density at radius 3 is 2.74 bits per heavy atom. The highest BCUT2D eigenvalue weighted by molar-refractivity contribution is 5.59. The lowest BCUT2D eigenvalue weighted by Crippen LogP contribution is -2.11. The van der Waals surface area contributed by atoms with Crippen LogP contribution in [-0.4, -0.2) is 19.7 Å². The SMILES string of the molecule is Cc1cnc(C(C)Nc2c([N+](=O)[O-])c(C)nn2C)o1. The van der Waals surface area contributed by atoms with E-state index in [1.807, 2.05) is 6.92 Å². The lowest BCUT2D eigenvalue weighted by Gasteiger charge is -2.11. The normalized spacial score (nSPS) is 12.4. The highest BCUT2D eigenvalue weighted by atomic mass is 16.6. The van der Waals surface area contributed by atoms with E-state index < -0.39 is 4.92 Å². The van der Waals surface area contributed by atoms with Gasteiger partial charge in [-0.2, -0.15) is 5.10 Å². The molecular weight excluding hydrogens is 250 g/mol. The second kappa shape index (κ2) is 4.71. The average molecular weight is 265 g/mol. The lowest BCUT2D eigenvalue weighted by molar-refractivity contribution is -0.384. The Labute approximate surface area is 109 Å². The molecule has 0 aromatic carbocycles. The van der Waals surface area contributed by atoms with Crippen molar-refractivity contribution >= 4 is 11.5 Å². The predicted molar refractivity (Wildman–Crippen MR) is 67.9 cm³/mol. The summed E-state index contributed by atoms with van der Waals surface area (Å²) in [6, 6.07) is -0.290. The van der Waals surface area contributed by atoms with Crippen molar-refractivity contribution in [3.05, 3.63) is 33.7 Å². The minimum Gasteiger partial charge on any atom is -0.444 e. The number of aryl methyl sites for hydroxylation is 3. The standard InChI is InChI=1S/C11H15N5O3/c1-6-5-12-11(19-6)8(3)13-10-9(16(17)18)7(2)14-15(10)4/h5,8,13H,1-4H3. The van der Waals surface area contributed by atoms with Crippen LogP contribution in [0.3, 0.4) is 0 Å². The summed E-state index contributed by atoms with van der Waals surface area (Å²) in [5, 5.41) is 18.1. The van der Waals surface area contributed by atoms with Crippen molar-refractivity contribution in [2.75, 3.05) is 5.32 Å². The number of nitrogens with one attached hydrogen (secondary N) is 1. The lowest BCUT2D eigenvalue weighted by atomic mass is 10.3. The van der Waals surface area contributed by atoms with Crippen LogP contribution in [0.25, 0.3) is 0 Å². The number of nitrogens with zero attached hydrogens (tertiary/aromatic N) is 4. The minimum absolute atomic E-state index is 0.0300. The van der Waals surface area contributed by atoms with Gasteiger partial charge < -0.3 is 9.73 Å². The molecular formula is C11H15N5O3. The molecule has 2 aromatic heterocycles. The number of rotatable bonds is 4. The third-order valence-corrected chi connectivity index (χ3v) is 2.74. The number of aromatic nitrogens is 3. The fraction of sp³-hybridized carbons (Fsp3) is 0.455. The van der Waals surface area contributed by atoms with Gasteiger partial charge in [-0.3, -0.25) is 10.1 Å². The summed E-state index contributed by atoms with van der Waals surface area (Å²) in [5.74, 6) is 1.51. The molecule has 19 heavy (non-hydrogen) atoms. The Hall–Kier alpha value is -2.38. The topological polar surface area (TPSA) is 99.0 Å². The molecule has 0 aliphatic heterocycles. The molecule has 0 radical (unpaired) electrons. The van der Waals surface area contributed by atoms with Crippen LogP contribution in [0.1, 0.15) is 30.3 Å². The van der Waals surface area contributed by atoms with E-state index in [0.717, 1.165) is 0 Å². The number of hydrogen-bond donors (Lipinski definition) is 1. The van der Waals surface area contributed by atoms with Crippen LogP contribution >= 0.6 is 0 Å². The Kier molecular flexibility index (Phi) is 3.24. The summed E-state index contributed by atoms with van der Waals surface area (Å²) in [7, 11) is 1.65. The molecule has 2 aromatic rings. The zero-order valence-corrected chi connectivity index (χ0v) is 11.2. The Bertz CT molecular complexity index is 616. The summed E-state index contributed by atoms with van der Waals surface area (Å²) >= 11 is 0. The van der Waals surface area contributed by atoms with E-state index in [0.29, 0.717) is 23.2 Å². The molecule has 2 heterocycles. The van der Waals surface area contributed by atoms with Gasteiger partial charge in [0.05, 0.1) is 11.1 Å². The van der Waals surface area contributed by atoms with Crippen LogP contribution in [0.5, 0.6) is 0 Å². The molecule has 2 rings (SSSR count). The van der Waals surface area contributed by atoms with Crippen LogP contribution < -0.4 is 5.32 Å². The molecule has 0 fully saturated rings. The zero-order valence-electron chi connectivity index (χ0n) is 11.2. The molecule has 0 aliphatic carbocycles. The second-order valence-corrected chi connectivity index (χ2v) is 4.34. The van der Waals surface area contributed by atoms with E-state index >= 15 is 0 Å². The van der Waals surface area contributed by atoms with Crippen molar-refractivity contribution in [1.29, 1.82) is 0 Å². The maximum Gasteiger partial charge on any atom is 0.333 e. The van der Waals surface area contributed by atoms with Crippen LogP contribution in [-0.2, 0) is 7.05 Å². The second-order valence-electron chi connectivity index (χ2n) is 4.34. The quantitative estimate of drug-likeness (QED) is 0.671. The molecule has 0 amide bonds. The van der Waals surface area contributed by atoms with Gasteiger partial charge >= 0.3 is 5.69 Å². The Balaban J connectivity index is 2.31. The third kappa shape index (κ3) is 2.42. The summed E-state index contributed by atoms with van der Waals surface area (Å²) in [4.78, 5) is 14.7. The van der Waals surface area contributed by atoms with Gasteiger partial charge in [-0.1, -0.05) is 0 Å². The van der Waals surface area contributed by atoms with Gasteiger partial charge in [0.15, 0.2) is 0 Å². The predicted octanol–water partition coefficient (Wildman–Crippen LogP) is 2.11. The van der Waals surface area contributed by atoms with Crippen LogP contribution in [0.15, 0.2) is 10.6 Å². The van der Waals surface area contributed by atoms with Crippen LogP contribution in [0, 0.1) is 24.0 Å². The van der Waals surface area contributed by atoms with Crippen molar-refractivity contribution in [3.8, 4) is 0 Å². The molecule has 0 saturated heterocycles. The van der Waals surface area contributed by atoms with Crippen molar-refractivity contribution in [3.63, 3.8) is 0 Å². The highest BCUT2D eigenvalue weighted by Crippen LogP contribution is 2.30. The largest absolute Gasteiger partial charge is 0.444 e. The molecule has 0 aliphatic rings. The van der Waals surface area contributed by atoms with Gasteiger partial charge in [0.1, 0.15) is 17.5 Å². The number of oxazole rings is 1. The van der Waals surface area contributed by atoms with E-state index in [-0.39, 0.29) is 11.7 Å². The monoisotopic (exact) mass is 265 g/mol. The molecule has 1 atom stereocenters. The van der Waals surface area contributed by atoms with Gasteiger partial charge in [-0.15, -0.1) is 0 Å². The zero-order chi connectivity index (χ0) is 14.2. The molecule has 102 valence electrons. The number of anilines is 1. The molecule has 1 unspecified atom stereocenters. The van der Waals surface area contributed by atoms with E-state index in [1.54, 1.807) is 27.1 Å². The minimum atomic E-state index is -0.446. The highest BCUT2D eigenvalue weighted by Gasteiger charge is 2.26. The Morgan fingerprint density at radius 2 is 2.21 bits per heavy atom. The van der Waals surface area contributed by atoms with Crippen molar-refractivity contribution in [1.82, 2.24) is 14.8 Å². The summed E-state index contributed by atoms with van der Waals surface area (Å²) < 4.78 is 6.84. The van der Waals surface area contributed by atoms with Crippen LogP contribution in [0.4, 0.5) is 11.5 Å². The molecule has 8 nitrogen and oxygen atoms in total. The van der Waals surface area contributed by atoms with Gasteiger partial charge in [-0.25, -0.2) is 9.67 Å². The maximum atomic E-state index is 11.1. The first-order chi connectivity index (χ1) is 8.90. The van der Waals surface area contributed by atoms with Crippen LogP contribution in [0.2, 0.25) is 0 Å². The molecule has 8 heteroatoms. The van der Waals surface area contributed by atoms with E-state index in [2.05, 4.69) is 15.4 Å². The van der Waals surface area contributed by atoms with Gasteiger partial charge in [0.2, 0.25) is 11.7 Å². The molecule has 0 bridgehead atoms. The average Bonchev–Trinajstić information content (AvgIpc) is 2.84. The number of hydrogen-bond acceptors (Lipinski definition) is 6. The first kappa shape index (κ1) is 13.1. The third-order valence-electron chi connectivity index (χ3n) is 2.74. The first-order valence-corrected chi connectivity index (χ1v) is 5.77. The molecule has 0 saturated carbocycles. The fourth-order valence-electron chi connectivity index (χ4n) is 1.87. The summed E-state index contributed by atoms with van der Waals surface area (Å²) in [6.45, 7) is 5.21. The number of nitro groups is 1. The van der Waals surface area contributed by atoms with E-state index in [4.69, 9.17) is 4.42 Å².